The molecule has 0 amide bonds. The third-order valence-corrected chi connectivity index (χ3v) is 5.04. The van der Waals surface area contributed by atoms with E-state index in [0.29, 0.717) is 31.5 Å². The lowest BCUT2D eigenvalue weighted by Crippen LogP contribution is -2.46. The maximum atomic E-state index is 5.70. The number of nitrogens with zero attached hydrogens (tertiary/aromatic N) is 3. The maximum Gasteiger partial charge on any atom is 0.241 e. The fraction of sp³-hybridized carbons (Fsp3) is 0.600. The third-order valence-electron chi connectivity index (χ3n) is 4.17. The molecule has 0 radical (unpaired) electrons. The average Bonchev–Trinajstić information content (AvgIpc) is 3.30. The molecule has 0 bridgehead atoms. The van der Waals surface area contributed by atoms with E-state index in [1.807, 2.05) is 17.5 Å². The Hall–Kier alpha value is -1.28. The van der Waals surface area contributed by atoms with Crippen LogP contribution in [0.15, 0.2) is 22.0 Å². The van der Waals surface area contributed by atoms with Crippen LogP contribution in [0.4, 0.5) is 0 Å². The molecular weight excluding hydrogens is 302 g/mol. The van der Waals surface area contributed by atoms with Crippen LogP contribution >= 0.6 is 11.3 Å². The fourth-order valence-electron chi connectivity index (χ4n) is 3.12. The molecule has 2 aliphatic heterocycles. The predicted molar refractivity (Wildman–Crippen MR) is 81.4 cm³/mol. The van der Waals surface area contributed by atoms with Gasteiger partial charge in [-0.15, -0.1) is 11.3 Å². The van der Waals surface area contributed by atoms with Gasteiger partial charge in [0.25, 0.3) is 0 Å². The predicted octanol–water partition coefficient (Wildman–Crippen LogP) is 2.53. The minimum Gasteiger partial charge on any atom is -0.349 e. The molecule has 0 saturated carbocycles. The lowest BCUT2D eigenvalue weighted by molar-refractivity contribution is -0.112. The minimum absolute atomic E-state index is 0.111. The van der Waals surface area contributed by atoms with Crippen molar-refractivity contribution >= 4 is 11.3 Å². The van der Waals surface area contributed by atoms with Crippen molar-refractivity contribution in [3.05, 3.63) is 23.4 Å². The van der Waals surface area contributed by atoms with E-state index in [9.17, 15) is 0 Å². The smallest absolute Gasteiger partial charge is 0.241 e. The first-order valence-electron chi connectivity index (χ1n) is 7.74. The summed E-state index contributed by atoms with van der Waals surface area (Å²) < 4.78 is 16.8. The van der Waals surface area contributed by atoms with E-state index in [4.69, 9.17) is 14.0 Å². The largest absolute Gasteiger partial charge is 0.349 e. The molecule has 2 fully saturated rings. The Bertz CT molecular complexity index is 595. The number of thiophene rings is 1. The molecule has 1 atom stereocenters. The van der Waals surface area contributed by atoms with E-state index < -0.39 is 0 Å². The minimum atomic E-state index is -0.111. The van der Waals surface area contributed by atoms with Crippen LogP contribution in [-0.4, -0.2) is 47.1 Å². The Morgan fingerprint density at radius 3 is 3.00 bits per heavy atom. The van der Waals surface area contributed by atoms with E-state index >= 15 is 0 Å². The number of hydrogen-bond acceptors (Lipinski definition) is 7. The zero-order valence-electron chi connectivity index (χ0n) is 12.3. The van der Waals surface area contributed by atoms with E-state index in [0.717, 1.165) is 17.8 Å². The Morgan fingerprint density at radius 1 is 1.27 bits per heavy atom. The van der Waals surface area contributed by atoms with Crippen molar-refractivity contribution in [1.29, 1.82) is 0 Å². The Kier molecular flexibility index (Phi) is 4.20. The summed E-state index contributed by atoms with van der Waals surface area (Å²) in [5, 5.41) is 6.10. The van der Waals surface area contributed by atoms with Gasteiger partial charge in [-0.3, -0.25) is 4.90 Å². The normalized spacial score (nSPS) is 24.1. The summed E-state index contributed by atoms with van der Waals surface area (Å²) in [5.74, 6) is 1.33. The number of piperidine rings is 1. The van der Waals surface area contributed by atoms with Gasteiger partial charge in [-0.25, -0.2) is 0 Å². The van der Waals surface area contributed by atoms with Crippen LogP contribution in [0.2, 0.25) is 0 Å². The quantitative estimate of drug-likeness (QED) is 0.862. The molecular formula is C15H19N3O3S. The third kappa shape index (κ3) is 2.94. The number of rotatable bonds is 4. The van der Waals surface area contributed by atoms with Crippen LogP contribution in [0.25, 0.3) is 10.7 Å². The lowest BCUT2D eigenvalue weighted by atomic mass is 10.0. The van der Waals surface area contributed by atoms with Gasteiger partial charge < -0.3 is 14.0 Å². The van der Waals surface area contributed by atoms with Gasteiger partial charge in [0.15, 0.2) is 6.29 Å². The summed E-state index contributed by atoms with van der Waals surface area (Å²) in [6.45, 7) is 3.06. The summed E-state index contributed by atoms with van der Waals surface area (Å²) in [5.41, 5.74) is 0. The topological polar surface area (TPSA) is 60.6 Å². The molecule has 0 N–H and O–H groups in total. The Morgan fingerprint density at radius 2 is 2.18 bits per heavy atom. The first-order valence-corrected chi connectivity index (χ1v) is 8.62. The zero-order chi connectivity index (χ0) is 14.8. The highest BCUT2D eigenvalue weighted by Gasteiger charge is 2.34. The average molecular weight is 321 g/mol. The first kappa shape index (κ1) is 14.3. The molecule has 2 aromatic rings. The Labute approximate surface area is 133 Å². The first-order chi connectivity index (χ1) is 10.9. The second kappa shape index (κ2) is 6.45. The summed E-state index contributed by atoms with van der Waals surface area (Å²) in [4.78, 5) is 7.90. The molecule has 22 heavy (non-hydrogen) atoms. The van der Waals surface area contributed by atoms with Crippen LogP contribution < -0.4 is 0 Å². The van der Waals surface area contributed by atoms with Gasteiger partial charge in [-0.05, 0) is 30.8 Å². The molecule has 2 aliphatic rings. The molecule has 4 heterocycles. The van der Waals surface area contributed by atoms with Gasteiger partial charge in [0, 0.05) is 0 Å². The summed E-state index contributed by atoms with van der Waals surface area (Å²) in [6, 6.07) is 4.28. The van der Waals surface area contributed by atoms with Gasteiger partial charge in [0.05, 0.1) is 30.7 Å². The Balaban J connectivity index is 1.46. The number of aromatic nitrogens is 2. The van der Waals surface area contributed by atoms with Crippen LogP contribution in [-0.2, 0) is 16.0 Å². The van der Waals surface area contributed by atoms with Crippen LogP contribution in [0, 0.1) is 0 Å². The second-order valence-electron chi connectivity index (χ2n) is 5.63. The van der Waals surface area contributed by atoms with E-state index in [-0.39, 0.29) is 12.3 Å². The molecule has 2 saturated heterocycles. The summed E-state index contributed by atoms with van der Waals surface area (Å²) >= 11 is 1.62. The SMILES string of the molecule is c1csc(-c2noc(CN3CCCCC3C3OCCO3)n2)c1. The number of ether oxygens (including phenoxy) is 2. The molecule has 4 rings (SSSR count). The van der Waals surface area contributed by atoms with Crippen molar-refractivity contribution in [1.82, 2.24) is 15.0 Å². The summed E-state index contributed by atoms with van der Waals surface area (Å²) in [6.07, 6.45) is 3.39. The highest BCUT2D eigenvalue weighted by molar-refractivity contribution is 7.13. The maximum absolute atomic E-state index is 5.70. The van der Waals surface area contributed by atoms with E-state index in [1.165, 1.54) is 12.8 Å². The number of likely N-dealkylation sites (tertiary alicyclic amines) is 1. The molecule has 0 aliphatic carbocycles. The van der Waals surface area contributed by atoms with E-state index in [2.05, 4.69) is 15.0 Å². The molecule has 118 valence electrons. The molecule has 7 heteroatoms. The van der Waals surface area contributed by atoms with Crippen molar-refractivity contribution in [3.63, 3.8) is 0 Å². The van der Waals surface area contributed by atoms with E-state index in [1.54, 1.807) is 11.3 Å². The molecule has 1 unspecified atom stereocenters. The van der Waals surface area contributed by atoms with Gasteiger partial charge in [-0.1, -0.05) is 17.6 Å². The van der Waals surface area contributed by atoms with Crippen LogP contribution in [0.5, 0.6) is 0 Å². The molecule has 0 spiro atoms. The molecule has 6 nitrogen and oxygen atoms in total. The van der Waals surface area contributed by atoms with Gasteiger partial charge in [-0.2, -0.15) is 4.98 Å². The van der Waals surface area contributed by atoms with Crippen molar-refractivity contribution in [2.75, 3.05) is 19.8 Å². The summed E-state index contributed by atoms with van der Waals surface area (Å²) in [7, 11) is 0. The van der Waals surface area contributed by atoms with Crippen molar-refractivity contribution in [3.8, 4) is 10.7 Å². The van der Waals surface area contributed by atoms with Gasteiger partial charge in [0.2, 0.25) is 11.7 Å². The zero-order valence-corrected chi connectivity index (χ0v) is 13.1. The molecule has 2 aromatic heterocycles. The number of hydrogen-bond donors (Lipinski definition) is 0. The molecule has 0 aromatic carbocycles. The van der Waals surface area contributed by atoms with Crippen molar-refractivity contribution < 1.29 is 14.0 Å². The van der Waals surface area contributed by atoms with Crippen molar-refractivity contribution in [2.45, 2.75) is 38.1 Å². The highest BCUT2D eigenvalue weighted by Crippen LogP contribution is 2.27. The highest BCUT2D eigenvalue weighted by atomic mass is 32.1. The fourth-order valence-corrected chi connectivity index (χ4v) is 3.77. The standard InChI is InChI=1S/C15H19N3O3S/c1-2-6-18(11(4-1)15-19-7-8-20-15)10-13-16-14(17-21-13)12-5-3-9-22-12/h3,5,9,11,15H,1-2,4,6-8,10H2. The van der Waals surface area contributed by atoms with Crippen molar-refractivity contribution in [2.24, 2.45) is 0 Å². The van der Waals surface area contributed by atoms with Gasteiger partial charge in [0.1, 0.15) is 0 Å². The van der Waals surface area contributed by atoms with Crippen LogP contribution in [0.1, 0.15) is 25.2 Å². The van der Waals surface area contributed by atoms with Crippen LogP contribution in [0.3, 0.4) is 0 Å². The monoisotopic (exact) mass is 321 g/mol. The lowest BCUT2D eigenvalue weighted by Gasteiger charge is -2.36. The second-order valence-corrected chi connectivity index (χ2v) is 6.58. The van der Waals surface area contributed by atoms with Gasteiger partial charge >= 0.3 is 0 Å².